The summed E-state index contributed by atoms with van der Waals surface area (Å²) < 4.78 is 0. The van der Waals surface area contributed by atoms with Crippen molar-refractivity contribution in [2.24, 2.45) is 0 Å². The molecule has 0 spiro atoms. The second kappa shape index (κ2) is 7.39. The molecule has 1 aromatic carbocycles. The number of thioether (sulfide) groups is 1. The first-order chi connectivity index (χ1) is 7.36. The van der Waals surface area contributed by atoms with Crippen LogP contribution in [0.4, 0.5) is 0 Å². The minimum absolute atomic E-state index is 0.937. The first kappa shape index (κ1) is 12.2. The Kier molecular flexibility index (Phi) is 5.99. The molecule has 0 atom stereocenters. The Labute approximate surface area is 96.7 Å². The molecule has 0 amide bonds. The minimum atomic E-state index is 0.937. The van der Waals surface area contributed by atoms with Gasteiger partial charge in [-0.3, -0.25) is 0 Å². The van der Waals surface area contributed by atoms with Crippen LogP contribution < -0.4 is 5.32 Å². The first-order valence-corrected chi connectivity index (χ1v) is 6.11. The zero-order valence-corrected chi connectivity index (χ0v) is 10.2. The predicted molar refractivity (Wildman–Crippen MR) is 68.0 cm³/mol. The first-order valence-electron chi connectivity index (χ1n) is 5.12. The number of hydrogen-bond donors (Lipinski definition) is 1. The third kappa shape index (κ3) is 4.92. The van der Waals surface area contributed by atoms with Gasteiger partial charge in [0, 0.05) is 23.6 Å². The van der Waals surface area contributed by atoms with Crippen molar-refractivity contribution in [3.63, 3.8) is 0 Å². The molecule has 0 unspecified atom stereocenters. The van der Waals surface area contributed by atoms with E-state index in [4.69, 9.17) is 0 Å². The Morgan fingerprint density at radius 1 is 1.27 bits per heavy atom. The Morgan fingerprint density at radius 3 is 2.60 bits per heavy atom. The molecule has 0 heterocycles. The summed E-state index contributed by atoms with van der Waals surface area (Å²) in [4.78, 5) is 1.33. The maximum absolute atomic E-state index is 3.14. The maximum Gasteiger partial charge on any atom is 0.0202 e. The number of hydrogen-bond acceptors (Lipinski definition) is 2. The van der Waals surface area contributed by atoms with Gasteiger partial charge in [-0.1, -0.05) is 12.1 Å². The van der Waals surface area contributed by atoms with Gasteiger partial charge < -0.3 is 5.32 Å². The summed E-state index contributed by atoms with van der Waals surface area (Å²) in [6.45, 7) is 2.82. The van der Waals surface area contributed by atoms with Gasteiger partial charge in [-0.2, -0.15) is 0 Å². The van der Waals surface area contributed by atoms with E-state index < -0.39 is 0 Å². The summed E-state index contributed by atoms with van der Waals surface area (Å²) in [6.07, 6.45) is 0.972. The van der Waals surface area contributed by atoms with Gasteiger partial charge in [0.25, 0.3) is 0 Å². The van der Waals surface area contributed by atoms with E-state index in [9.17, 15) is 0 Å². The van der Waals surface area contributed by atoms with Crippen LogP contribution in [0.15, 0.2) is 29.2 Å². The van der Waals surface area contributed by atoms with Crippen LogP contribution in [0.2, 0.25) is 0 Å². The molecule has 1 aromatic rings. The van der Waals surface area contributed by atoms with Gasteiger partial charge in [-0.05, 0) is 31.7 Å². The molecule has 0 aliphatic rings. The molecule has 1 nitrogen and oxygen atoms in total. The lowest BCUT2D eigenvalue weighted by Gasteiger charge is -2.02. The normalized spacial score (nSPS) is 9.47. The van der Waals surface area contributed by atoms with Gasteiger partial charge in [0.15, 0.2) is 0 Å². The maximum atomic E-state index is 3.14. The molecule has 15 heavy (non-hydrogen) atoms. The monoisotopic (exact) mass is 219 g/mol. The Morgan fingerprint density at radius 2 is 2.00 bits per heavy atom. The van der Waals surface area contributed by atoms with Gasteiger partial charge >= 0.3 is 0 Å². The van der Waals surface area contributed by atoms with Crippen molar-refractivity contribution in [1.29, 1.82) is 0 Å². The van der Waals surface area contributed by atoms with E-state index in [2.05, 4.69) is 41.4 Å². The van der Waals surface area contributed by atoms with Crippen LogP contribution in [0.25, 0.3) is 0 Å². The SMILES string of the molecule is CC#CCCSc1ccc(CNC)cc1. The standard InChI is InChI=1S/C13H17NS/c1-3-4-5-10-15-13-8-6-12(7-9-13)11-14-2/h6-9,14H,5,10-11H2,1-2H3. The highest BCUT2D eigenvalue weighted by Crippen LogP contribution is 2.18. The molecule has 0 bridgehead atoms. The van der Waals surface area contributed by atoms with Crippen molar-refractivity contribution in [2.45, 2.75) is 24.8 Å². The molecule has 0 radical (unpaired) electrons. The Bertz CT molecular complexity index is 332. The lowest BCUT2D eigenvalue weighted by molar-refractivity contribution is 0.817. The average molecular weight is 219 g/mol. The molecule has 0 fully saturated rings. The quantitative estimate of drug-likeness (QED) is 0.464. The van der Waals surface area contributed by atoms with Crippen LogP contribution in [0.5, 0.6) is 0 Å². The molecule has 1 rings (SSSR count). The summed E-state index contributed by atoms with van der Waals surface area (Å²) in [5.74, 6) is 7.05. The van der Waals surface area contributed by atoms with E-state index in [1.54, 1.807) is 0 Å². The van der Waals surface area contributed by atoms with Crippen LogP contribution in [0, 0.1) is 11.8 Å². The van der Waals surface area contributed by atoms with E-state index in [1.165, 1.54) is 10.5 Å². The van der Waals surface area contributed by atoms with E-state index in [0.717, 1.165) is 18.7 Å². The van der Waals surface area contributed by atoms with Gasteiger partial charge in [0.2, 0.25) is 0 Å². The molecule has 0 saturated carbocycles. The van der Waals surface area contributed by atoms with Crippen LogP contribution in [0.3, 0.4) is 0 Å². The summed E-state index contributed by atoms with van der Waals surface area (Å²) in [5, 5.41) is 3.14. The van der Waals surface area contributed by atoms with E-state index in [0.29, 0.717) is 0 Å². The minimum Gasteiger partial charge on any atom is -0.316 e. The summed E-state index contributed by atoms with van der Waals surface area (Å²) in [7, 11) is 1.96. The number of nitrogens with one attached hydrogen (secondary N) is 1. The third-order valence-electron chi connectivity index (χ3n) is 1.98. The van der Waals surface area contributed by atoms with Crippen LogP contribution in [-0.2, 0) is 6.54 Å². The lowest BCUT2D eigenvalue weighted by atomic mass is 10.2. The topological polar surface area (TPSA) is 12.0 Å². The molecule has 80 valence electrons. The highest BCUT2D eigenvalue weighted by Gasteiger charge is 1.94. The highest BCUT2D eigenvalue weighted by atomic mass is 32.2. The van der Waals surface area contributed by atoms with Crippen molar-refractivity contribution in [1.82, 2.24) is 5.32 Å². The average Bonchev–Trinajstić information content (AvgIpc) is 2.27. The molecule has 2 heteroatoms. The largest absolute Gasteiger partial charge is 0.316 e. The molecule has 0 aliphatic heterocycles. The lowest BCUT2D eigenvalue weighted by Crippen LogP contribution is -2.04. The molecule has 0 saturated heterocycles. The second-order valence-corrected chi connectivity index (χ2v) is 4.37. The second-order valence-electron chi connectivity index (χ2n) is 3.20. The van der Waals surface area contributed by atoms with Gasteiger partial charge in [-0.25, -0.2) is 0 Å². The fourth-order valence-electron chi connectivity index (χ4n) is 1.25. The number of benzene rings is 1. The van der Waals surface area contributed by atoms with Gasteiger partial charge in [-0.15, -0.1) is 23.6 Å². The smallest absolute Gasteiger partial charge is 0.0202 e. The number of rotatable bonds is 5. The van der Waals surface area contributed by atoms with E-state index in [1.807, 2.05) is 25.7 Å². The van der Waals surface area contributed by atoms with Crippen molar-refractivity contribution in [3.8, 4) is 11.8 Å². The van der Waals surface area contributed by atoms with E-state index >= 15 is 0 Å². The van der Waals surface area contributed by atoms with Crippen LogP contribution >= 0.6 is 11.8 Å². The fourth-order valence-corrected chi connectivity index (χ4v) is 2.02. The van der Waals surface area contributed by atoms with Crippen molar-refractivity contribution < 1.29 is 0 Å². The molecule has 0 aromatic heterocycles. The Balaban J connectivity index is 2.38. The van der Waals surface area contributed by atoms with Crippen molar-refractivity contribution in [2.75, 3.05) is 12.8 Å². The van der Waals surface area contributed by atoms with E-state index in [-0.39, 0.29) is 0 Å². The molecule has 1 N–H and O–H groups in total. The Hall–Kier alpha value is -0.910. The molecular formula is C13H17NS. The van der Waals surface area contributed by atoms with Crippen LogP contribution in [0.1, 0.15) is 18.9 Å². The fraction of sp³-hybridized carbons (Fsp3) is 0.385. The summed E-state index contributed by atoms with van der Waals surface area (Å²) in [5.41, 5.74) is 1.33. The molecule has 0 aliphatic carbocycles. The van der Waals surface area contributed by atoms with Crippen molar-refractivity contribution >= 4 is 11.8 Å². The predicted octanol–water partition coefficient (Wildman–Crippen LogP) is 2.91. The van der Waals surface area contributed by atoms with Gasteiger partial charge in [0.1, 0.15) is 0 Å². The molecular weight excluding hydrogens is 202 g/mol. The zero-order valence-electron chi connectivity index (χ0n) is 9.34. The zero-order chi connectivity index (χ0) is 10.9. The van der Waals surface area contributed by atoms with Gasteiger partial charge in [0.05, 0.1) is 0 Å². The van der Waals surface area contributed by atoms with Crippen molar-refractivity contribution in [3.05, 3.63) is 29.8 Å². The highest BCUT2D eigenvalue weighted by molar-refractivity contribution is 7.99. The summed E-state index contributed by atoms with van der Waals surface area (Å²) in [6, 6.07) is 8.70. The van der Waals surface area contributed by atoms with Crippen LogP contribution in [-0.4, -0.2) is 12.8 Å². The summed E-state index contributed by atoms with van der Waals surface area (Å²) >= 11 is 1.86. The third-order valence-corrected chi connectivity index (χ3v) is 2.99.